The quantitative estimate of drug-likeness (QED) is 0.607. The van der Waals surface area contributed by atoms with Crippen LogP contribution in [0.5, 0.6) is 0 Å². The van der Waals surface area contributed by atoms with Crippen molar-refractivity contribution in [2.75, 3.05) is 0 Å². The fraction of sp³-hybridized carbons (Fsp3) is 0.600. The van der Waals surface area contributed by atoms with Crippen molar-refractivity contribution in [1.29, 1.82) is 0 Å². The molecule has 1 aliphatic rings. The number of H-pyrrole nitrogens is 1. The highest BCUT2D eigenvalue weighted by molar-refractivity contribution is 5.27. The normalized spacial score (nSPS) is 33.7. The van der Waals surface area contributed by atoms with Crippen molar-refractivity contribution in [3.63, 3.8) is 0 Å². The Morgan fingerprint density at radius 2 is 2.27 bits per heavy atom. The van der Waals surface area contributed by atoms with Gasteiger partial charge in [0.1, 0.15) is 11.2 Å². The molecule has 0 spiro atoms. The molecule has 1 heterocycles. The molecule has 1 unspecified atom stereocenters. The summed E-state index contributed by atoms with van der Waals surface area (Å²) in [6.45, 7) is 0. The van der Waals surface area contributed by atoms with Gasteiger partial charge in [0.25, 0.3) is 5.92 Å². The molecule has 11 heavy (non-hydrogen) atoms. The molecule has 1 aromatic heterocycles. The molecule has 0 saturated heterocycles. The van der Waals surface area contributed by atoms with Crippen molar-refractivity contribution in [2.45, 2.75) is 17.9 Å². The van der Waals surface area contributed by atoms with Gasteiger partial charge in [0.05, 0.1) is 6.20 Å². The van der Waals surface area contributed by atoms with Gasteiger partial charge >= 0.3 is 0 Å². The molecular weight excluding hydrogens is 154 g/mol. The first kappa shape index (κ1) is 6.66. The average molecular weight is 160 g/mol. The van der Waals surface area contributed by atoms with Gasteiger partial charge in [-0.2, -0.15) is 15.4 Å². The van der Waals surface area contributed by atoms with E-state index in [1.165, 1.54) is 6.20 Å². The van der Waals surface area contributed by atoms with E-state index in [4.69, 9.17) is 5.73 Å². The lowest BCUT2D eigenvalue weighted by Gasteiger charge is -2.03. The summed E-state index contributed by atoms with van der Waals surface area (Å²) in [7, 11) is 0. The number of aromatic nitrogens is 3. The SMILES string of the molecule is NC1(c2cn[nH]n2)CC1(F)F. The third kappa shape index (κ3) is 0.697. The predicted molar refractivity (Wildman–Crippen MR) is 31.8 cm³/mol. The molecular formula is C5H6F2N4. The molecule has 0 aromatic carbocycles. The van der Waals surface area contributed by atoms with Crippen LogP contribution in [0.1, 0.15) is 12.1 Å². The molecule has 60 valence electrons. The summed E-state index contributed by atoms with van der Waals surface area (Å²) in [6, 6.07) is 0. The van der Waals surface area contributed by atoms with E-state index in [0.29, 0.717) is 0 Å². The maximum Gasteiger partial charge on any atom is 0.274 e. The average Bonchev–Trinajstić information content (AvgIpc) is 2.36. The first-order valence-electron chi connectivity index (χ1n) is 3.09. The van der Waals surface area contributed by atoms with Crippen LogP contribution >= 0.6 is 0 Å². The van der Waals surface area contributed by atoms with Gasteiger partial charge in [0, 0.05) is 6.42 Å². The summed E-state index contributed by atoms with van der Waals surface area (Å²) in [4.78, 5) is 0. The monoisotopic (exact) mass is 160 g/mol. The molecule has 0 radical (unpaired) electrons. The summed E-state index contributed by atoms with van der Waals surface area (Å²) < 4.78 is 25.1. The third-order valence-corrected chi connectivity index (χ3v) is 1.90. The standard InChI is InChI=1S/C5H6F2N4/c6-5(7)2-4(5,8)3-1-9-11-10-3/h1H,2,8H2,(H,9,10,11). The Morgan fingerprint density at radius 1 is 1.64 bits per heavy atom. The van der Waals surface area contributed by atoms with Crippen molar-refractivity contribution in [1.82, 2.24) is 15.4 Å². The summed E-state index contributed by atoms with van der Waals surface area (Å²) in [6.07, 6.45) is 0.882. The van der Waals surface area contributed by atoms with Crippen LogP contribution in [0.3, 0.4) is 0 Å². The first-order valence-corrected chi connectivity index (χ1v) is 3.09. The molecule has 3 N–H and O–H groups in total. The number of hydrogen-bond donors (Lipinski definition) is 2. The fourth-order valence-electron chi connectivity index (χ4n) is 1.00. The van der Waals surface area contributed by atoms with Crippen LogP contribution in [0.2, 0.25) is 0 Å². The smallest absolute Gasteiger partial charge is 0.274 e. The van der Waals surface area contributed by atoms with Crippen LogP contribution < -0.4 is 5.73 Å². The number of nitrogens with one attached hydrogen (secondary N) is 1. The van der Waals surface area contributed by atoms with E-state index in [1.54, 1.807) is 0 Å². The largest absolute Gasteiger partial charge is 0.315 e. The summed E-state index contributed by atoms with van der Waals surface area (Å²) >= 11 is 0. The molecule has 1 saturated carbocycles. The number of hydrogen-bond acceptors (Lipinski definition) is 3. The van der Waals surface area contributed by atoms with E-state index in [9.17, 15) is 8.78 Å². The minimum absolute atomic E-state index is 0.127. The van der Waals surface area contributed by atoms with Gasteiger partial charge in [-0.1, -0.05) is 0 Å². The number of nitrogens with zero attached hydrogens (tertiary/aromatic N) is 2. The molecule has 2 rings (SSSR count). The van der Waals surface area contributed by atoms with Gasteiger partial charge in [-0.05, 0) is 0 Å². The van der Waals surface area contributed by atoms with Gasteiger partial charge in [0.2, 0.25) is 0 Å². The van der Waals surface area contributed by atoms with E-state index in [1.807, 2.05) is 0 Å². The molecule has 1 atom stereocenters. The van der Waals surface area contributed by atoms with Crippen LogP contribution in [0.25, 0.3) is 0 Å². The second-order valence-electron chi connectivity index (χ2n) is 2.71. The molecule has 4 nitrogen and oxygen atoms in total. The Hall–Kier alpha value is -1.04. The maximum atomic E-state index is 12.5. The minimum atomic E-state index is -2.82. The Bertz CT molecular complexity index is 270. The lowest BCUT2D eigenvalue weighted by atomic mass is 10.2. The second kappa shape index (κ2) is 1.58. The van der Waals surface area contributed by atoms with Crippen molar-refractivity contribution < 1.29 is 8.78 Å². The first-order chi connectivity index (χ1) is 5.06. The van der Waals surface area contributed by atoms with Gasteiger partial charge < -0.3 is 5.73 Å². The highest BCUT2D eigenvalue weighted by Crippen LogP contribution is 2.56. The number of aromatic amines is 1. The predicted octanol–water partition coefficient (Wildman–Crippen LogP) is -0.00230. The molecule has 0 aliphatic heterocycles. The Balaban J connectivity index is 2.33. The van der Waals surface area contributed by atoms with Crippen LogP contribution in [0.4, 0.5) is 8.78 Å². The van der Waals surface area contributed by atoms with Crippen molar-refractivity contribution >= 4 is 0 Å². The summed E-state index contributed by atoms with van der Waals surface area (Å²) in [5, 5.41) is 9.15. The highest BCUT2D eigenvalue weighted by atomic mass is 19.3. The minimum Gasteiger partial charge on any atom is -0.315 e. The second-order valence-corrected chi connectivity index (χ2v) is 2.71. The van der Waals surface area contributed by atoms with E-state index < -0.39 is 11.5 Å². The molecule has 0 amide bonds. The van der Waals surface area contributed by atoms with E-state index in [-0.39, 0.29) is 12.1 Å². The van der Waals surface area contributed by atoms with E-state index in [0.717, 1.165) is 0 Å². The summed E-state index contributed by atoms with van der Waals surface area (Å²) in [5.41, 5.74) is 3.88. The van der Waals surface area contributed by atoms with Crippen molar-refractivity contribution in [3.8, 4) is 0 Å². The van der Waals surface area contributed by atoms with E-state index >= 15 is 0 Å². The number of rotatable bonds is 1. The molecule has 0 bridgehead atoms. The van der Waals surface area contributed by atoms with Crippen LogP contribution in [-0.4, -0.2) is 21.3 Å². The van der Waals surface area contributed by atoms with Crippen molar-refractivity contribution in [2.24, 2.45) is 5.73 Å². The Labute approximate surface area is 60.8 Å². The number of nitrogens with two attached hydrogens (primary N) is 1. The molecule has 1 aromatic rings. The zero-order chi connectivity index (χ0) is 8.11. The number of alkyl halides is 2. The topological polar surface area (TPSA) is 67.6 Å². The maximum absolute atomic E-state index is 12.5. The lowest BCUT2D eigenvalue weighted by Crippen LogP contribution is -2.27. The van der Waals surface area contributed by atoms with Gasteiger partial charge in [-0.25, -0.2) is 8.78 Å². The number of halogens is 2. The van der Waals surface area contributed by atoms with Crippen LogP contribution in [-0.2, 0) is 5.54 Å². The lowest BCUT2D eigenvalue weighted by molar-refractivity contribution is 0.0881. The Kier molecular flexibility index (Phi) is 0.956. The van der Waals surface area contributed by atoms with Crippen molar-refractivity contribution in [3.05, 3.63) is 11.9 Å². The van der Waals surface area contributed by atoms with Gasteiger partial charge in [-0.3, -0.25) is 0 Å². The van der Waals surface area contributed by atoms with Gasteiger partial charge in [0.15, 0.2) is 0 Å². The Morgan fingerprint density at radius 3 is 2.64 bits per heavy atom. The molecule has 1 fully saturated rings. The third-order valence-electron chi connectivity index (χ3n) is 1.90. The summed E-state index contributed by atoms with van der Waals surface area (Å²) in [5.74, 6) is -2.82. The highest BCUT2D eigenvalue weighted by Gasteiger charge is 2.71. The van der Waals surface area contributed by atoms with E-state index in [2.05, 4.69) is 15.4 Å². The van der Waals surface area contributed by atoms with Gasteiger partial charge in [-0.15, -0.1) is 0 Å². The fourth-order valence-corrected chi connectivity index (χ4v) is 1.00. The zero-order valence-corrected chi connectivity index (χ0v) is 5.51. The molecule has 1 aliphatic carbocycles. The zero-order valence-electron chi connectivity index (χ0n) is 5.51. The van der Waals surface area contributed by atoms with Crippen LogP contribution in [0, 0.1) is 0 Å². The molecule has 6 heteroatoms. The van der Waals surface area contributed by atoms with Crippen LogP contribution in [0.15, 0.2) is 6.20 Å².